The molecule has 2 atom stereocenters. The van der Waals surface area contributed by atoms with Crippen LogP contribution < -0.4 is 5.73 Å². The molecule has 82 valence electrons. The third-order valence-electron chi connectivity index (χ3n) is 3.98. The van der Waals surface area contributed by atoms with Gasteiger partial charge in [-0.1, -0.05) is 12.8 Å². The molecule has 2 fully saturated rings. The highest BCUT2D eigenvalue weighted by atomic mass is 15.2. The molecule has 2 nitrogen and oxygen atoms in total. The molecule has 14 heavy (non-hydrogen) atoms. The number of likely N-dealkylation sites (tertiary alicyclic amines) is 1. The molecule has 2 rings (SSSR count). The third kappa shape index (κ3) is 2.48. The summed E-state index contributed by atoms with van der Waals surface area (Å²) >= 11 is 0. The van der Waals surface area contributed by atoms with Crippen molar-refractivity contribution in [3.05, 3.63) is 0 Å². The fourth-order valence-corrected chi connectivity index (χ4v) is 3.17. The van der Waals surface area contributed by atoms with Gasteiger partial charge in [-0.25, -0.2) is 0 Å². The van der Waals surface area contributed by atoms with Crippen LogP contribution >= 0.6 is 0 Å². The molecule has 0 aromatic carbocycles. The first-order valence-corrected chi connectivity index (χ1v) is 6.32. The van der Waals surface area contributed by atoms with E-state index in [1.165, 1.54) is 58.2 Å². The number of hydrogen-bond donors (Lipinski definition) is 1. The SMILES string of the molecule is NCCCCCN1CC2CCCC2C1. The van der Waals surface area contributed by atoms with Gasteiger partial charge in [-0.15, -0.1) is 0 Å². The molecule has 0 radical (unpaired) electrons. The fraction of sp³-hybridized carbons (Fsp3) is 1.00. The second-order valence-corrected chi connectivity index (χ2v) is 5.06. The van der Waals surface area contributed by atoms with Crippen LogP contribution in [0.2, 0.25) is 0 Å². The minimum atomic E-state index is 0.866. The summed E-state index contributed by atoms with van der Waals surface area (Å²) < 4.78 is 0. The molecule has 0 aromatic heterocycles. The molecule has 2 heteroatoms. The van der Waals surface area contributed by atoms with Gasteiger partial charge < -0.3 is 10.6 Å². The Hall–Kier alpha value is -0.0800. The van der Waals surface area contributed by atoms with E-state index in [-0.39, 0.29) is 0 Å². The molecule has 2 unspecified atom stereocenters. The van der Waals surface area contributed by atoms with Gasteiger partial charge >= 0.3 is 0 Å². The summed E-state index contributed by atoms with van der Waals surface area (Å²) in [5.41, 5.74) is 5.48. The fourth-order valence-electron chi connectivity index (χ4n) is 3.17. The first-order chi connectivity index (χ1) is 6.90. The molecule has 2 N–H and O–H groups in total. The van der Waals surface area contributed by atoms with E-state index >= 15 is 0 Å². The van der Waals surface area contributed by atoms with E-state index in [2.05, 4.69) is 4.90 Å². The highest BCUT2D eigenvalue weighted by Gasteiger charge is 2.35. The maximum absolute atomic E-state index is 5.48. The highest BCUT2D eigenvalue weighted by Crippen LogP contribution is 2.37. The van der Waals surface area contributed by atoms with E-state index in [0.717, 1.165) is 18.4 Å². The van der Waals surface area contributed by atoms with Gasteiger partial charge in [-0.05, 0) is 50.6 Å². The molecule has 1 heterocycles. The van der Waals surface area contributed by atoms with E-state index in [4.69, 9.17) is 5.73 Å². The van der Waals surface area contributed by atoms with Gasteiger partial charge in [-0.2, -0.15) is 0 Å². The van der Waals surface area contributed by atoms with Crippen LogP contribution in [0.15, 0.2) is 0 Å². The van der Waals surface area contributed by atoms with Crippen molar-refractivity contribution in [1.29, 1.82) is 0 Å². The molecule has 0 amide bonds. The van der Waals surface area contributed by atoms with Crippen molar-refractivity contribution < 1.29 is 0 Å². The third-order valence-corrected chi connectivity index (χ3v) is 3.98. The van der Waals surface area contributed by atoms with Crippen molar-refractivity contribution in [2.45, 2.75) is 38.5 Å². The van der Waals surface area contributed by atoms with Crippen molar-refractivity contribution in [2.75, 3.05) is 26.2 Å². The lowest BCUT2D eigenvalue weighted by Crippen LogP contribution is -2.23. The Morgan fingerprint density at radius 2 is 1.71 bits per heavy atom. The quantitative estimate of drug-likeness (QED) is 0.680. The lowest BCUT2D eigenvalue weighted by molar-refractivity contribution is 0.303. The molecular formula is C12H24N2. The monoisotopic (exact) mass is 196 g/mol. The summed E-state index contributed by atoms with van der Waals surface area (Å²) in [7, 11) is 0. The minimum Gasteiger partial charge on any atom is -0.330 e. The van der Waals surface area contributed by atoms with Crippen molar-refractivity contribution in [2.24, 2.45) is 17.6 Å². The molecule has 0 spiro atoms. The predicted octanol–water partition coefficient (Wildman–Crippen LogP) is 1.85. The highest BCUT2D eigenvalue weighted by molar-refractivity contribution is 4.88. The van der Waals surface area contributed by atoms with Gasteiger partial charge in [-0.3, -0.25) is 0 Å². The maximum Gasteiger partial charge on any atom is 0.00129 e. The maximum atomic E-state index is 5.48. The molecule has 1 saturated heterocycles. The summed E-state index contributed by atoms with van der Waals surface area (Å²) in [6.45, 7) is 4.98. The van der Waals surface area contributed by atoms with Gasteiger partial charge in [0, 0.05) is 13.1 Å². The number of nitrogens with two attached hydrogens (primary N) is 1. The van der Waals surface area contributed by atoms with Crippen LogP contribution in [0.3, 0.4) is 0 Å². The van der Waals surface area contributed by atoms with Gasteiger partial charge in [0.15, 0.2) is 0 Å². The lowest BCUT2D eigenvalue weighted by atomic mass is 10.0. The molecule has 2 aliphatic rings. The second kappa shape index (κ2) is 5.13. The number of hydrogen-bond acceptors (Lipinski definition) is 2. The molecular weight excluding hydrogens is 172 g/mol. The Balaban J connectivity index is 1.60. The number of fused-ring (bicyclic) bond motifs is 1. The number of nitrogens with zero attached hydrogens (tertiary/aromatic N) is 1. The van der Waals surface area contributed by atoms with Crippen LogP contribution in [0, 0.1) is 11.8 Å². The molecule has 0 bridgehead atoms. The number of unbranched alkanes of at least 4 members (excludes halogenated alkanes) is 2. The number of rotatable bonds is 5. The zero-order valence-electron chi connectivity index (χ0n) is 9.25. The Bertz CT molecular complexity index is 158. The van der Waals surface area contributed by atoms with Crippen molar-refractivity contribution in [3.8, 4) is 0 Å². The van der Waals surface area contributed by atoms with Gasteiger partial charge in [0.25, 0.3) is 0 Å². The Labute approximate surface area is 87.8 Å². The van der Waals surface area contributed by atoms with E-state index < -0.39 is 0 Å². The first kappa shape index (κ1) is 10.4. The van der Waals surface area contributed by atoms with Crippen LogP contribution in [0.5, 0.6) is 0 Å². The van der Waals surface area contributed by atoms with Gasteiger partial charge in [0.2, 0.25) is 0 Å². The van der Waals surface area contributed by atoms with E-state index in [1.807, 2.05) is 0 Å². The minimum absolute atomic E-state index is 0.866. The smallest absolute Gasteiger partial charge is 0.00129 e. The Morgan fingerprint density at radius 1 is 1.00 bits per heavy atom. The summed E-state index contributed by atoms with van der Waals surface area (Å²) in [6, 6.07) is 0. The molecule has 0 aromatic rings. The molecule has 1 aliphatic carbocycles. The van der Waals surface area contributed by atoms with Crippen molar-refractivity contribution in [3.63, 3.8) is 0 Å². The zero-order chi connectivity index (χ0) is 9.80. The van der Waals surface area contributed by atoms with Gasteiger partial charge in [0.1, 0.15) is 0 Å². The molecule has 1 aliphatic heterocycles. The van der Waals surface area contributed by atoms with Crippen LogP contribution in [0.1, 0.15) is 38.5 Å². The molecule has 1 saturated carbocycles. The van der Waals surface area contributed by atoms with Crippen LogP contribution in [0.25, 0.3) is 0 Å². The first-order valence-electron chi connectivity index (χ1n) is 6.32. The summed E-state index contributed by atoms with van der Waals surface area (Å²) in [6.07, 6.45) is 8.39. The zero-order valence-corrected chi connectivity index (χ0v) is 9.25. The Morgan fingerprint density at radius 3 is 2.36 bits per heavy atom. The van der Waals surface area contributed by atoms with E-state index in [1.54, 1.807) is 0 Å². The summed E-state index contributed by atoms with van der Waals surface area (Å²) in [5.74, 6) is 2.12. The lowest BCUT2D eigenvalue weighted by Gasteiger charge is -2.16. The standard InChI is InChI=1S/C12H24N2/c13-7-2-1-3-8-14-9-11-5-4-6-12(11)10-14/h11-12H,1-10,13H2. The van der Waals surface area contributed by atoms with Crippen LogP contribution in [-0.2, 0) is 0 Å². The predicted molar refractivity (Wildman–Crippen MR) is 60.2 cm³/mol. The van der Waals surface area contributed by atoms with Crippen LogP contribution in [0.4, 0.5) is 0 Å². The summed E-state index contributed by atoms with van der Waals surface area (Å²) in [4.78, 5) is 2.69. The van der Waals surface area contributed by atoms with Crippen molar-refractivity contribution >= 4 is 0 Å². The average Bonchev–Trinajstić information content (AvgIpc) is 2.72. The summed E-state index contributed by atoms with van der Waals surface area (Å²) in [5, 5.41) is 0. The van der Waals surface area contributed by atoms with Crippen LogP contribution in [-0.4, -0.2) is 31.1 Å². The average molecular weight is 196 g/mol. The second-order valence-electron chi connectivity index (χ2n) is 5.06. The Kier molecular flexibility index (Phi) is 3.82. The van der Waals surface area contributed by atoms with Crippen molar-refractivity contribution in [1.82, 2.24) is 4.90 Å². The van der Waals surface area contributed by atoms with Gasteiger partial charge in [0.05, 0.1) is 0 Å². The topological polar surface area (TPSA) is 29.3 Å². The normalized spacial score (nSPS) is 32.4. The van der Waals surface area contributed by atoms with E-state index in [0.29, 0.717) is 0 Å². The largest absolute Gasteiger partial charge is 0.330 e. The van der Waals surface area contributed by atoms with E-state index in [9.17, 15) is 0 Å².